The fourth-order valence-electron chi connectivity index (χ4n) is 2.01. The number of hydrogen-bond acceptors (Lipinski definition) is 6. The summed E-state index contributed by atoms with van der Waals surface area (Å²) in [4.78, 5) is 26.8. The number of non-ortho nitro benzene ring substituents is 1. The molecule has 0 spiro atoms. The van der Waals surface area contributed by atoms with E-state index >= 15 is 0 Å². The van der Waals surface area contributed by atoms with Crippen LogP contribution < -0.4 is 10.1 Å². The van der Waals surface area contributed by atoms with Crippen LogP contribution in [0, 0.1) is 10.1 Å². The minimum Gasteiger partial charge on any atom is -0.496 e. The van der Waals surface area contributed by atoms with Crippen molar-refractivity contribution in [2.24, 2.45) is 5.16 Å². The smallest absolute Gasteiger partial charge is 0.270 e. The molecule has 0 bridgehead atoms. The van der Waals surface area contributed by atoms with E-state index in [2.05, 4.69) is 10.5 Å². The SMILES string of the molecule is COc1ccccc1CNC(=O)CO/N=C\c1cccc([N+](=O)[O-])c1. The van der Waals surface area contributed by atoms with Crippen molar-refractivity contribution in [3.63, 3.8) is 0 Å². The van der Waals surface area contributed by atoms with Gasteiger partial charge in [0.1, 0.15) is 5.75 Å². The molecule has 2 aromatic rings. The fourth-order valence-corrected chi connectivity index (χ4v) is 2.01. The van der Waals surface area contributed by atoms with E-state index in [0.717, 1.165) is 5.56 Å². The van der Waals surface area contributed by atoms with Gasteiger partial charge in [0.15, 0.2) is 6.61 Å². The predicted octanol–water partition coefficient (Wildman–Crippen LogP) is 2.27. The average molecular weight is 343 g/mol. The minimum absolute atomic E-state index is 0.0431. The Morgan fingerprint density at radius 1 is 1.28 bits per heavy atom. The number of nitrogens with one attached hydrogen (secondary N) is 1. The molecule has 0 radical (unpaired) electrons. The molecule has 25 heavy (non-hydrogen) atoms. The maximum Gasteiger partial charge on any atom is 0.270 e. The van der Waals surface area contributed by atoms with Crippen molar-refractivity contribution in [3.05, 3.63) is 69.8 Å². The minimum atomic E-state index is -0.497. The summed E-state index contributed by atoms with van der Waals surface area (Å²) in [6, 6.07) is 13.3. The van der Waals surface area contributed by atoms with Crippen LogP contribution in [0.2, 0.25) is 0 Å². The van der Waals surface area contributed by atoms with E-state index in [4.69, 9.17) is 9.57 Å². The zero-order valence-corrected chi connectivity index (χ0v) is 13.5. The second kappa shape index (κ2) is 9.02. The first-order valence-corrected chi connectivity index (χ1v) is 7.38. The lowest BCUT2D eigenvalue weighted by Crippen LogP contribution is -2.26. The highest BCUT2D eigenvalue weighted by molar-refractivity contribution is 5.80. The van der Waals surface area contributed by atoms with Crippen molar-refractivity contribution in [1.29, 1.82) is 0 Å². The fraction of sp³-hybridized carbons (Fsp3) is 0.176. The van der Waals surface area contributed by atoms with Crippen LogP contribution in [0.25, 0.3) is 0 Å². The van der Waals surface area contributed by atoms with E-state index in [0.29, 0.717) is 17.9 Å². The van der Waals surface area contributed by atoms with E-state index in [1.54, 1.807) is 25.3 Å². The molecule has 1 amide bonds. The summed E-state index contributed by atoms with van der Waals surface area (Å²) in [6.45, 7) is 0.0430. The Balaban J connectivity index is 1.78. The maximum absolute atomic E-state index is 11.7. The Labute approximate surface area is 144 Å². The number of benzene rings is 2. The molecule has 0 heterocycles. The van der Waals surface area contributed by atoms with Crippen molar-refractivity contribution in [1.82, 2.24) is 5.32 Å². The summed E-state index contributed by atoms with van der Waals surface area (Å²) in [6.07, 6.45) is 1.31. The lowest BCUT2D eigenvalue weighted by Gasteiger charge is -2.08. The number of ether oxygens (including phenoxy) is 1. The zero-order chi connectivity index (χ0) is 18.1. The maximum atomic E-state index is 11.7. The Morgan fingerprint density at radius 3 is 2.84 bits per heavy atom. The molecule has 0 aliphatic carbocycles. The Bertz CT molecular complexity index is 776. The first kappa shape index (κ1) is 17.9. The molecule has 0 fully saturated rings. The highest BCUT2D eigenvalue weighted by Gasteiger charge is 2.06. The largest absolute Gasteiger partial charge is 0.496 e. The third kappa shape index (κ3) is 5.61. The standard InChI is InChI=1S/C17H17N3O5/c1-24-16-8-3-2-6-14(16)11-18-17(21)12-25-19-10-13-5-4-7-15(9-13)20(22)23/h2-10H,11-12H2,1H3,(H,18,21)/b19-10-. The summed E-state index contributed by atoms with van der Waals surface area (Å²) < 4.78 is 5.20. The van der Waals surface area contributed by atoms with Crippen LogP contribution in [-0.4, -0.2) is 30.8 Å². The van der Waals surface area contributed by atoms with E-state index < -0.39 is 4.92 Å². The van der Waals surface area contributed by atoms with Gasteiger partial charge in [-0.3, -0.25) is 14.9 Å². The molecule has 0 saturated carbocycles. The summed E-state index contributed by atoms with van der Waals surface area (Å²) >= 11 is 0. The normalized spacial score (nSPS) is 10.4. The summed E-state index contributed by atoms with van der Waals surface area (Å²) in [5.74, 6) is 0.342. The first-order valence-electron chi connectivity index (χ1n) is 7.38. The number of methoxy groups -OCH3 is 1. The molecule has 2 aromatic carbocycles. The summed E-state index contributed by atoms with van der Waals surface area (Å²) in [5, 5.41) is 17.0. The molecule has 0 aromatic heterocycles. The van der Waals surface area contributed by atoms with Gasteiger partial charge in [0, 0.05) is 29.8 Å². The van der Waals surface area contributed by atoms with E-state index in [9.17, 15) is 14.9 Å². The molecule has 0 atom stereocenters. The number of carbonyl (C=O) groups excluding carboxylic acids is 1. The number of nitro benzene ring substituents is 1. The van der Waals surface area contributed by atoms with Crippen molar-refractivity contribution >= 4 is 17.8 Å². The van der Waals surface area contributed by atoms with Gasteiger partial charge in [0.2, 0.25) is 0 Å². The van der Waals surface area contributed by atoms with Crippen molar-refractivity contribution in [2.45, 2.75) is 6.54 Å². The highest BCUT2D eigenvalue weighted by atomic mass is 16.6. The molecule has 1 N–H and O–H groups in total. The van der Waals surface area contributed by atoms with Crippen molar-refractivity contribution in [3.8, 4) is 5.75 Å². The van der Waals surface area contributed by atoms with Gasteiger partial charge in [-0.15, -0.1) is 0 Å². The Hall–Kier alpha value is -3.42. The van der Waals surface area contributed by atoms with Crippen LogP contribution in [0.15, 0.2) is 53.7 Å². The molecule has 0 unspecified atom stereocenters. The Kier molecular flexibility index (Phi) is 6.47. The van der Waals surface area contributed by atoms with Crippen LogP contribution in [-0.2, 0) is 16.2 Å². The molecular weight excluding hydrogens is 326 g/mol. The third-order valence-electron chi connectivity index (χ3n) is 3.22. The van der Waals surface area contributed by atoms with Gasteiger partial charge in [-0.25, -0.2) is 0 Å². The van der Waals surface area contributed by atoms with Crippen LogP contribution in [0.1, 0.15) is 11.1 Å². The number of oxime groups is 1. The van der Waals surface area contributed by atoms with Gasteiger partial charge in [-0.05, 0) is 6.07 Å². The van der Waals surface area contributed by atoms with Crippen molar-refractivity contribution < 1.29 is 19.3 Å². The van der Waals surface area contributed by atoms with Gasteiger partial charge >= 0.3 is 0 Å². The van der Waals surface area contributed by atoms with Crippen molar-refractivity contribution in [2.75, 3.05) is 13.7 Å². The number of para-hydroxylation sites is 1. The molecule has 2 rings (SSSR count). The molecule has 130 valence electrons. The molecule has 0 aliphatic rings. The molecule has 0 saturated heterocycles. The topological polar surface area (TPSA) is 103 Å². The van der Waals surface area contributed by atoms with E-state index in [-0.39, 0.29) is 18.2 Å². The number of nitrogens with zero attached hydrogens (tertiary/aromatic N) is 2. The average Bonchev–Trinajstić information content (AvgIpc) is 2.64. The number of amides is 1. The van der Waals surface area contributed by atoms with Gasteiger partial charge in [-0.2, -0.15) is 0 Å². The van der Waals surface area contributed by atoms with Crippen LogP contribution in [0.3, 0.4) is 0 Å². The molecule has 8 heteroatoms. The monoisotopic (exact) mass is 343 g/mol. The first-order chi connectivity index (χ1) is 12.1. The molecule has 8 nitrogen and oxygen atoms in total. The van der Waals surface area contributed by atoms with Gasteiger partial charge < -0.3 is 14.9 Å². The second-order valence-corrected chi connectivity index (χ2v) is 4.95. The summed E-state index contributed by atoms with van der Waals surface area (Å²) in [7, 11) is 1.56. The number of nitro groups is 1. The molecular formula is C17H17N3O5. The lowest BCUT2D eigenvalue weighted by atomic mass is 10.2. The zero-order valence-electron chi connectivity index (χ0n) is 13.5. The molecule has 0 aliphatic heterocycles. The second-order valence-electron chi connectivity index (χ2n) is 4.95. The number of hydrogen-bond donors (Lipinski definition) is 1. The van der Waals surface area contributed by atoms with Gasteiger partial charge in [-0.1, -0.05) is 35.5 Å². The number of rotatable bonds is 8. The Morgan fingerprint density at radius 2 is 2.08 bits per heavy atom. The summed E-state index contributed by atoms with van der Waals surface area (Å²) in [5.41, 5.74) is 1.31. The lowest BCUT2D eigenvalue weighted by molar-refractivity contribution is -0.384. The number of carbonyl (C=O) groups is 1. The van der Waals surface area contributed by atoms with Crippen LogP contribution >= 0.6 is 0 Å². The van der Waals surface area contributed by atoms with Crippen LogP contribution in [0.5, 0.6) is 5.75 Å². The van der Waals surface area contributed by atoms with E-state index in [1.807, 2.05) is 18.2 Å². The van der Waals surface area contributed by atoms with E-state index in [1.165, 1.54) is 18.3 Å². The van der Waals surface area contributed by atoms with Crippen LogP contribution in [0.4, 0.5) is 5.69 Å². The quantitative estimate of drug-likeness (QED) is 0.450. The van der Waals surface area contributed by atoms with Gasteiger partial charge in [0.05, 0.1) is 18.2 Å². The third-order valence-corrected chi connectivity index (χ3v) is 3.22. The highest BCUT2D eigenvalue weighted by Crippen LogP contribution is 2.16. The predicted molar refractivity (Wildman–Crippen MR) is 91.5 cm³/mol. The van der Waals surface area contributed by atoms with Gasteiger partial charge in [0.25, 0.3) is 11.6 Å².